The Bertz CT molecular complexity index is 851. The fourth-order valence-electron chi connectivity index (χ4n) is 2.44. The second-order valence-corrected chi connectivity index (χ2v) is 6.63. The maximum Gasteiger partial charge on any atom is 0.329 e. The Morgan fingerprint density at radius 1 is 1.03 bits per heavy atom. The summed E-state index contributed by atoms with van der Waals surface area (Å²) in [4.78, 5) is 48.3. The van der Waals surface area contributed by atoms with Crippen molar-refractivity contribution in [1.29, 1.82) is 0 Å². The Morgan fingerprint density at radius 2 is 1.77 bits per heavy atom. The lowest BCUT2D eigenvalue weighted by molar-refractivity contribution is -0.150. The van der Waals surface area contributed by atoms with E-state index >= 15 is 0 Å². The highest BCUT2D eigenvalue weighted by molar-refractivity contribution is 5.97. The maximum absolute atomic E-state index is 12.5. The third kappa shape index (κ3) is 7.42. The van der Waals surface area contributed by atoms with Crippen LogP contribution in [0.3, 0.4) is 0 Å². The fraction of sp³-hybridized carbons (Fsp3) is 0.333. The molecule has 30 heavy (non-hydrogen) atoms. The van der Waals surface area contributed by atoms with Gasteiger partial charge >= 0.3 is 12.0 Å². The highest BCUT2D eigenvalue weighted by Crippen LogP contribution is 2.07. The first-order valence-corrected chi connectivity index (χ1v) is 9.54. The minimum absolute atomic E-state index is 0.0420. The molecule has 0 saturated carbocycles. The van der Waals surface area contributed by atoms with Gasteiger partial charge in [-0.1, -0.05) is 37.3 Å². The molecule has 3 N–H and O–H groups in total. The van der Waals surface area contributed by atoms with E-state index in [4.69, 9.17) is 9.15 Å². The second-order valence-electron chi connectivity index (χ2n) is 6.63. The summed E-state index contributed by atoms with van der Waals surface area (Å²) in [7, 11) is 0. The predicted molar refractivity (Wildman–Crippen MR) is 107 cm³/mol. The van der Waals surface area contributed by atoms with Gasteiger partial charge in [0.25, 0.3) is 11.8 Å². The first-order chi connectivity index (χ1) is 14.4. The number of carbonyl (C=O) groups is 4. The van der Waals surface area contributed by atoms with Gasteiger partial charge in [0.1, 0.15) is 6.04 Å². The first-order valence-electron chi connectivity index (χ1n) is 9.54. The highest BCUT2D eigenvalue weighted by Gasteiger charge is 2.25. The van der Waals surface area contributed by atoms with Crippen LogP contribution in [0.1, 0.15) is 36.4 Å². The molecule has 0 aliphatic carbocycles. The van der Waals surface area contributed by atoms with E-state index in [-0.39, 0.29) is 18.2 Å². The van der Waals surface area contributed by atoms with Crippen molar-refractivity contribution in [3.8, 4) is 0 Å². The van der Waals surface area contributed by atoms with Crippen LogP contribution in [-0.2, 0) is 20.7 Å². The van der Waals surface area contributed by atoms with E-state index in [1.165, 1.54) is 12.3 Å². The molecule has 0 bridgehead atoms. The summed E-state index contributed by atoms with van der Waals surface area (Å²) in [5, 5.41) is 7.20. The van der Waals surface area contributed by atoms with Gasteiger partial charge in [-0.25, -0.2) is 9.59 Å². The molecule has 0 aliphatic rings. The number of ether oxygens (including phenoxy) is 1. The van der Waals surface area contributed by atoms with Crippen molar-refractivity contribution in [1.82, 2.24) is 16.0 Å². The van der Waals surface area contributed by atoms with Gasteiger partial charge in [0.2, 0.25) is 0 Å². The van der Waals surface area contributed by atoms with E-state index in [0.29, 0.717) is 6.42 Å². The Kier molecular flexibility index (Phi) is 8.61. The van der Waals surface area contributed by atoms with Crippen molar-refractivity contribution >= 4 is 23.8 Å². The topological polar surface area (TPSA) is 127 Å². The predicted octanol–water partition coefficient (Wildman–Crippen LogP) is 1.79. The zero-order valence-corrected chi connectivity index (χ0v) is 16.8. The lowest BCUT2D eigenvalue weighted by atomic mass is 10.1. The number of benzene rings is 1. The van der Waals surface area contributed by atoms with Gasteiger partial charge in [-0.15, -0.1) is 0 Å². The van der Waals surface area contributed by atoms with Crippen LogP contribution in [-0.4, -0.2) is 42.5 Å². The summed E-state index contributed by atoms with van der Waals surface area (Å²) >= 11 is 0. The highest BCUT2D eigenvalue weighted by atomic mass is 16.5. The van der Waals surface area contributed by atoms with Crippen molar-refractivity contribution in [2.24, 2.45) is 0 Å². The molecule has 9 nitrogen and oxygen atoms in total. The lowest BCUT2D eigenvalue weighted by Crippen LogP contribution is -2.46. The van der Waals surface area contributed by atoms with E-state index in [1.54, 1.807) is 37.3 Å². The van der Waals surface area contributed by atoms with Gasteiger partial charge in [0.05, 0.1) is 6.26 Å². The molecule has 1 aromatic carbocycles. The molecule has 2 rings (SSSR count). The Hall–Kier alpha value is -3.62. The third-order valence-corrected chi connectivity index (χ3v) is 4.21. The zero-order valence-electron chi connectivity index (χ0n) is 16.8. The molecule has 0 radical (unpaired) electrons. The average molecular weight is 415 g/mol. The lowest BCUT2D eigenvalue weighted by Gasteiger charge is -2.17. The normalized spacial score (nSPS) is 12.3. The molecular formula is C21H25N3O6. The van der Waals surface area contributed by atoms with Crippen molar-refractivity contribution in [2.45, 2.75) is 38.8 Å². The quantitative estimate of drug-likeness (QED) is 0.536. The zero-order chi connectivity index (χ0) is 21.9. The number of urea groups is 1. The Labute approximate surface area is 174 Å². The minimum Gasteiger partial charge on any atom is -0.459 e. The fourth-order valence-corrected chi connectivity index (χ4v) is 2.44. The van der Waals surface area contributed by atoms with Crippen LogP contribution in [0.4, 0.5) is 4.79 Å². The molecule has 9 heteroatoms. The molecule has 0 saturated heterocycles. The van der Waals surface area contributed by atoms with E-state index in [0.717, 1.165) is 5.56 Å². The van der Waals surface area contributed by atoms with Crippen LogP contribution in [0.2, 0.25) is 0 Å². The molecule has 1 heterocycles. The number of hydrogen-bond acceptors (Lipinski definition) is 6. The number of nitrogens with one attached hydrogen (secondary N) is 3. The molecular weight excluding hydrogens is 390 g/mol. The standard InChI is InChI=1S/C21H25N3O6/c1-3-14(2)22-21(28)24-18(25)13-30-20(27)16(12-15-8-5-4-6-9-15)23-19(26)17-10-7-11-29-17/h4-11,14,16H,3,12-13H2,1-2H3,(H,23,26)(H2,22,24,25,28)/t14-,16-/m0/s1. The number of carbonyl (C=O) groups excluding carboxylic acids is 4. The third-order valence-electron chi connectivity index (χ3n) is 4.21. The van der Waals surface area contributed by atoms with Crippen molar-refractivity contribution in [3.05, 3.63) is 60.1 Å². The minimum atomic E-state index is -1.05. The summed E-state index contributed by atoms with van der Waals surface area (Å²) < 4.78 is 10.0. The molecule has 0 unspecified atom stereocenters. The van der Waals surface area contributed by atoms with E-state index in [1.807, 2.05) is 13.0 Å². The summed E-state index contributed by atoms with van der Waals surface area (Å²) in [5.41, 5.74) is 0.788. The summed E-state index contributed by atoms with van der Waals surface area (Å²) in [6.45, 7) is 3.02. The van der Waals surface area contributed by atoms with Gasteiger partial charge in [-0.3, -0.25) is 14.9 Å². The van der Waals surface area contributed by atoms with Gasteiger partial charge in [-0.2, -0.15) is 0 Å². The van der Waals surface area contributed by atoms with Gasteiger partial charge in [0, 0.05) is 12.5 Å². The number of amides is 4. The van der Waals surface area contributed by atoms with E-state index < -0.39 is 36.5 Å². The molecule has 0 spiro atoms. The largest absolute Gasteiger partial charge is 0.459 e. The van der Waals surface area contributed by atoms with Gasteiger partial charge in [-0.05, 0) is 31.0 Å². The number of hydrogen-bond donors (Lipinski definition) is 3. The van der Waals surface area contributed by atoms with Crippen LogP contribution in [0.15, 0.2) is 53.1 Å². The van der Waals surface area contributed by atoms with Crippen molar-refractivity contribution in [2.75, 3.05) is 6.61 Å². The summed E-state index contributed by atoms with van der Waals surface area (Å²) in [5.74, 6) is -2.13. The average Bonchev–Trinajstić information content (AvgIpc) is 3.27. The van der Waals surface area contributed by atoms with Crippen LogP contribution in [0.5, 0.6) is 0 Å². The SMILES string of the molecule is CC[C@H](C)NC(=O)NC(=O)COC(=O)[C@H](Cc1ccccc1)NC(=O)c1ccco1. The van der Waals surface area contributed by atoms with Crippen molar-refractivity contribution in [3.63, 3.8) is 0 Å². The summed E-state index contributed by atoms with van der Waals surface area (Å²) in [6, 6.07) is 10.2. The van der Waals surface area contributed by atoms with Gasteiger partial charge in [0.15, 0.2) is 12.4 Å². The molecule has 1 aromatic heterocycles. The Morgan fingerprint density at radius 3 is 2.40 bits per heavy atom. The molecule has 0 aliphatic heterocycles. The summed E-state index contributed by atoms with van der Waals surface area (Å²) in [6.07, 6.45) is 2.20. The number of furan rings is 1. The smallest absolute Gasteiger partial charge is 0.329 e. The molecule has 4 amide bonds. The number of rotatable bonds is 9. The van der Waals surface area contributed by atoms with E-state index in [9.17, 15) is 19.2 Å². The number of esters is 1. The van der Waals surface area contributed by atoms with Crippen LogP contribution in [0.25, 0.3) is 0 Å². The van der Waals surface area contributed by atoms with E-state index in [2.05, 4.69) is 16.0 Å². The van der Waals surface area contributed by atoms with Gasteiger partial charge < -0.3 is 19.8 Å². The monoisotopic (exact) mass is 415 g/mol. The molecule has 160 valence electrons. The van der Waals surface area contributed by atoms with Crippen molar-refractivity contribution < 1.29 is 28.3 Å². The molecule has 0 fully saturated rings. The second kappa shape index (κ2) is 11.4. The van der Waals surface area contributed by atoms with Crippen LogP contribution >= 0.6 is 0 Å². The van der Waals surface area contributed by atoms with Crippen LogP contribution < -0.4 is 16.0 Å². The maximum atomic E-state index is 12.5. The molecule has 2 aromatic rings. The number of imide groups is 1. The van der Waals surface area contributed by atoms with Crippen LogP contribution in [0, 0.1) is 0 Å². The Balaban J connectivity index is 1.95. The first kappa shape index (κ1) is 22.7. The molecule has 2 atom stereocenters.